The minimum absolute atomic E-state index is 0.587. The van der Waals surface area contributed by atoms with E-state index < -0.39 is 0 Å². The Labute approximate surface area is 106 Å². The van der Waals surface area contributed by atoms with Gasteiger partial charge in [-0.25, -0.2) is 0 Å². The zero-order valence-electron chi connectivity index (χ0n) is 11.8. The highest BCUT2D eigenvalue weighted by atomic mass is 15.1. The standard InChI is InChI=1S/C15H26N2/c1-12(2)10-13(3)16-11-14-6-8-15(9-7-14)17(4)5/h6-9,12-13,16H,10-11H2,1-5H3. The first-order valence-electron chi connectivity index (χ1n) is 6.48. The monoisotopic (exact) mass is 234 g/mol. The molecule has 0 aliphatic rings. The molecular formula is C15H26N2. The molecule has 0 amide bonds. The number of nitrogens with one attached hydrogen (secondary N) is 1. The van der Waals surface area contributed by atoms with Crippen LogP contribution in [-0.2, 0) is 6.54 Å². The molecule has 0 spiro atoms. The average Bonchev–Trinajstić information content (AvgIpc) is 2.26. The molecule has 0 aliphatic heterocycles. The summed E-state index contributed by atoms with van der Waals surface area (Å²) < 4.78 is 0. The summed E-state index contributed by atoms with van der Waals surface area (Å²) in [5.74, 6) is 0.758. The first-order chi connectivity index (χ1) is 7.99. The normalized spacial score (nSPS) is 12.8. The van der Waals surface area contributed by atoms with Gasteiger partial charge in [0.1, 0.15) is 0 Å². The van der Waals surface area contributed by atoms with Crippen LogP contribution >= 0.6 is 0 Å². The summed E-state index contributed by atoms with van der Waals surface area (Å²) in [5, 5.41) is 3.57. The maximum atomic E-state index is 3.57. The van der Waals surface area contributed by atoms with E-state index >= 15 is 0 Å². The van der Waals surface area contributed by atoms with Gasteiger partial charge in [-0.1, -0.05) is 26.0 Å². The molecule has 0 aliphatic carbocycles. The predicted molar refractivity (Wildman–Crippen MR) is 76.5 cm³/mol. The van der Waals surface area contributed by atoms with Gasteiger partial charge in [-0.3, -0.25) is 0 Å². The molecule has 1 aromatic carbocycles. The molecule has 17 heavy (non-hydrogen) atoms. The number of anilines is 1. The largest absolute Gasteiger partial charge is 0.378 e. The molecule has 96 valence electrons. The van der Waals surface area contributed by atoms with Crippen LogP contribution in [0.3, 0.4) is 0 Å². The Morgan fingerprint density at radius 2 is 1.65 bits per heavy atom. The number of hydrogen-bond acceptors (Lipinski definition) is 2. The Morgan fingerprint density at radius 3 is 2.12 bits per heavy atom. The smallest absolute Gasteiger partial charge is 0.0361 e. The van der Waals surface area contributed by atoms with Gasteiger partial charge in [-0.05, 0) is 37.0 Å². The lowest BCUT2D eigenvalue weighted by molar-refractivity contribution is 0.441. The molecular weight excluding hydrogens is 208 g/mol. The van der Waals surface area contributed by atoms with Crippen molar-refractivity contribution in [2.75, 3.05) is 19.0 Å². The van der Waals surface area contributed by atoms with Gasteiger partial charge >= 0.3 is 0 Å². The van der Waals surface area contributed by atoms with E-state index in [1.54, 1.807) is 0 Å². The Bertz CT molecular complexity index is 314. The molecule has 1 unspecified atom stereocenters. The Hall–Kier alpha value is -1.02. The van der Waals surface area contributed by atoms with Crippen LogP contribution in [0.15, 0.2) is 24.3 Å². The fourth-order valence-electron chi connectivity index (χ4n) is 1.99. The van der Waals surface area contributed by atoms with Crippen LogP contribution in [0.5, 0.6) is 0 Å². The summed E-state index contributed by atoms with van der Waals surface area (Å²) in [5.41, 5.74) is 2.61. The van der Waals surface area contributed by atoms with Crippen molar-refractivity contribution in [3.05, 3.63) is 29.8 Å². The van der Waals surface area contributed by atoms with Gasteiger partial charge in [0.2, 0.25) is 0 Å². The van der Waals surface area contributed by atoms with Gasteiger partial charge in [0.05, 0.1) is 0 Å². The highest BCUT2D eigenvalue weighted by Crippen LogP contribution is 2.12. The van der Waals surface area contributed by atoms with Gasteiger partial charge in [0.25, 0.3) is 0 Å². The van der Waals surface area contributed by atoms with E-state index in [4.69, 9.17) is 0 Å². The van der Waals surface area contributed by atoms with E-state index in [0.29, 0.717) is 6.04 Å². The van der Waals surface area contributed by atoms with Crippen LogP contribution in [0.1, 0.15) is 32.8 Å². The third kappa shape index (κ3) is 5.22. The average molecular weight is 234 g/mol. The molecule has 0 bridgehead atoms. The summed E-state index contributed by atoms with van der Waals surface area (Å²) in [4.78, 5) is 2.12. The van der Waals surface area contributed by atoms with E-state index in [1.807, 2.05) is 0 Å². The first kappa shape index (κ1) is 14.0. The van der Waals surface area contributed by atoms with Crippen molar-refractivity contribution in [1.29, 1.82) is 0 Å². The third-order valence-electron chi connectivity index (χ3n) is 2.93. The number of hydrogen-bond donors (Lipinski definition) is 1. The lowest BCUT2D eigenvalue weighted by Gasteiger charge is -2.17. The van der Waals surface area contributed by atoms with Crippen LogP contribution in [0.4, 0.5) is 5.69 Å². The number of benzene rings is 1. The molecule has 1 rings (SSSR count). The van der Waals surface area contributed by atoms with Crippen molar-refractivity contribution in [1.82, 2.24) is 5.32 Å². The lowest BCUT2D eigenvalue weighted by Crippen LogP contribution is -2.26. The highest BCUT2D eigenvalue weighted by molar-refractivity contribution is 5.45. The van der Waals surface area contributed by atoms with Gasteiger partial charge < -0.3 is 10.2 Å². The molecule has 1 N–H and O–H groups in total. The van der Waals surface area contributed by atoms with Gasteiger partial charge in [0.15, 0.2) is 0 Å². The molecule has 2 nitrogen and oxygen atoms in total. The third-order valence-corrected chi connectivity index (χ3v) is 2.93. The predicted octanol–water partition coefficient (Wildman–Crippen LogP) is 3.28. The van der Waals surface area contributed by atoms with Crippen LogP contribution in [-0.4, -0.2) is 20.1 Å². The maximum Gasteiger partial charge on any atom is 0.0361 e. The first-order valence-corrected chi connectivity index (χ1v) is 6.48. The number of nitrogens with zero attached hydrogens (tertiary/aromatic N) is 1. The SMILES string of the molecule is CC(C)CC(C)NCc1ccc(N(C)C)cc1. The van der Waals surface area contributed by atoms with E-state index in [-0.39, 0.29) is 0 Å². The summed E-state index contributed by atoms with van der Waals surface area (Å²) in [7, 11) is 4.13. The van der Waals surface area contributed by atoms with Crippen molar-refractivity contribution < 1.29 is 0 Å². The van der Waals surface area contributed by atoms with Crippen molar-refractivity contribution in [2.45, 2.75) is 39.8 Å². The molecule has 1 atom stereocenters. The summed E-state index contributed by atoms with van der Waals surface area (Å²) in [6, 6.07) is 9.33. The Balaban J connectivity index is 2.42. The molecule has 0 aromatic heterocycles. The molecule has 0 saturated heterocycles. The Morgan fingerprint density at radius 1 is 1.06 bits per heavy atom. The van der Waals surface area contributed by atoms with E-state index in [9.17, 15) is 0 Å². The molecule has 0 heterocycles. The van der Waals surface area contributed by atoms with Crippen LogP contribution in [0.25, 0.3) is 0 Å². The second kappa shape index (κ2) is 6.65. The molecule has 0 saturated carbocycles. The fourth-order valence-corrected chi connectivity index (χ4v) is 1.99. The van der Waals surface area contributed by atoms with Gasteiger partial charge in [0, 0.05) is 32.4 Å². The topological polar surface area (TPSA) is 15.3 Å². The highest BCUT2D eigenvalue weighted by Gasteiger charge is 2.04. The van der Waals surface area contributed by atoms with Crippen LogP contribution in [0, 0.1) is 5.92 Å². The van der Waals surface area contributed by atoms with Gasteiger partial charge in [-0.15, -0.1) is 0 Å². The van der Waals surface area contributed by atoms with E-state index in [0.717, 1.165) is 12.5 Å². The van der Waals surface area contributed by atoms with Crippen LogP contribution in [0.2, 0.25) is 0 Å². The quantitative estimate of drug-likeness (QED) is 0.812. The summed E-state index contributed by atoms with van der Waals surface area (Å²) in [6.45, 7) is 7.75. The summed E-state index contributed by atoms with van der Waals surface area (Å²) >= 11 is 0. The molecule has 1 aromatic rings. The van der Waals surface area contributed by atoms with Crippen molar-refractivity contribution in [3.63, 3.8) is 0 Å². The summed E-state index contributed by atoms with van der Waals surface area (Å²) in [6.07, 6.45) is 1.23. The molecule has 0 radical (unpaired) electrons. The molecule has 0 fully saturated rings. The van der Waals surface area contributed by atoms with Crippen molar-refractivity contribution in [3.8, 4) is 0 Å². The van der Waals surface area contributed by atoms with Crippen molar-refractivity contribution >= 4 is 5.69 Å². The minimum Gasteiger partial charge on any atom is -0.378 e. The second-order valence-corrected chi connectivity index (χ2v) is 5.47. The minimum atomic E-state index is 0.587. The van der Waals surface area contributed by atoms with E-state index in [2.05, 4.69) is 69.3 Å². The maximum absolute atomic E-state index is 3.57. The zero-order valence-corrected chi connectivity index (χ0v) is 11.8. The molecule has 2 heteroatoms. The zero-order chi connectivity index (χ0) is 12.8. The lowest BCUT2D eigenvalue weighted by atomic mass is 10.0. The Kier molecular flexibility index (Phi) is 5.49. The second-order valence-electron chi connectivity index (χ2n) is 5.47. The number of rotatable bonds is 6. The van der Waals surface area contributed by atoms with Crippen molar-refractivity contribution in [2.24, 2.45) is 5.92 Å². The van der Waals surface area contributed by atoms with Gasteiger partial charge in [-0.2, -0.15) is 0 Å². The van der Waals surface area contributed by atoms with E-state index in [1.165, 1.54) is 17.7 Å². The van der Waals surface area contributed by atoms with Crippen LogP contribution < -0.4 is 10.2 Å². The fraction of sp³-hybridized carbons (Fsp3) is 0.600.